The van der Waals surface area contributed by atoms with Crippen LogP contribution in [0.25, 0.3) is 0 Å². The number of methoxy groups -OCH3 is 1. The monoisotopic (exact) mass is 413 g/mol. The normalized spacial score (nSPS) is 17.1. The van der Waals surface area contributed by atoms with Gasteiger partial charge in [-0.2, -0.15) is 0 Å². The summed E-state index contributed by atoms with van der Waals surface area (Å²) in [5.41, 5.74) is 1.58. The molecular weight excluding hydrogens is 390 g/mol. The molecule has 2 aromatic carbocycles. The zero-order chi connectivity index (χ0) is 20.6. The first-order valence-corrected chi connectivity index (χ1v) is 10.1. The van der Waals surface area contributed by atoms with Crippen molar-refractivity contribution in [3.8, 4) is 11.5 Å². The number of amidine groups is 1. The van der Waals surface area contributed by atoms with Gasteiger partial charge in [0.2, 0.25) is 11.8 Å². The molecule has 2 N–H and O–H groups in total. The molecule has 0 radical (unpaired) electrons. The lowest BCUT2D eigenvalue weighted by Gasteiger charge is -2.08. The van der Waals surface area contributed by atoms with E-state index in [1.807, 2.05) is 31.2 Å². The molecule has 8 heteroatoms. The highest BCUT2D eigenvalue weighted by Gasteiger charge is 2.32. The fourth-order valence-electron chi connectivity index (χ4n) is 2.79. The third kappa shape index (κ3) is 5.74. The Kier molecular flexibility index (Phi) is 7.13. The van der Waals surface area contributed by atoms with Crippen molar-refractivity contribution < 1.29 is 19.1 Å². The van der Waals surface area contributed by atoms with Crippen LogP contribution in [-0.4, -0.2) is 35.9 Å². The molecule has 0 saturated carbocycles. The second-order valence-electron chi connectivity index (χ2n) is 6.24. The van der Waals surface area contributed by atoms with E-state index in [9.17, 15) is 9.59 Å². The number of para-hydroxylation sites is 1. The number of aliphatic imine (C=N–C) groups is 1. The summed E-state index contributed by atoms with van der Waals surface area (Å²) in [6.45, 7) is 2.88. The number of carbonyl (C=O) groups excluding carboxylic acids is 2. The van der Waals surface area contributed by atoms with Crippen LogP contribution in [0.2, 0.25) is 0 Å². The molecule has 3 rings (SSSR count). The van der Waals surface area contributed by atoms with E-state index in [0.717, 1.165) is 17.1 Å². The van der Waals surface area contributed by atoms with E-state index in [0.29, 0.717) is 24.0 Å². The molecule has 7 nitrogen and oxygen atoms in total. The van der Waals surface area contributed by atoms with Gasteiger partial charge in [-0.25, -0.2) is 0 Å². The Hall–Kier alpha value is -3.00. The van der Waals surface area contributed by atoms with Crippen LogP contribution in [0.3, 0.4) is 0 Å². The van der Waals surface area contributed by atoms with Crippen LogP contribution in [0, 0.1) is 0 Å². The Morgan fingerprint density at radius 2 is 1.97 bits per heavy atom. The number of ether oxygens (including phenoxy) is 2. The van der Waals surface area contributed by atoms with Gasteiger partial charge in [-0.1, -0.05) is 30.0 Å². The minimum absolute atomic E-state index is 0.0669. The van der Waals surface area contributed by atoms with Gasteiger partial charge in [0.15, 0.2) is 5.17 Å². The summed E-state index contributed by atoms with van der Waals surface area (Å²) in [5.74, 6) is 1.05. The predicted octanol–water partition coefficient (Wildman–Crippen LogP) is 3.21. The number of amides is 2. The predicted molar refractivity (Wildman–Crippen MR) is 115 cm³/mol. The molecule has 2 aromatic rings. The summed E-state index contributed by atoms with van der Waals surface area (Å²) >= 11 is 1.27. The molecule has 0 aromatic heterocycles. The van der Waals surface area contributed by atoms with Gasteiger partial charge in [-0.05, 0) is 37.3 Å². The lowest BCUT2D eigenvalue weighted by Crippen LogP contribution is -2.28. The lowest BCUT2D eigenvalue weighted by molar-refractivity contribution is -0.122. The van der Waals surface area contributed by atoms with Gasteiger partial charge in [0.1, 0.15) is 16.7 Å². The lowest BCUT2D eigenvalue weighted by atomic mass is 10.2. The fourth-order valence-corrected chi connectivity index (χ4v) is 3.76. The first-order valence-electron chi connectivity index (χ1n) is 9.25. The Labute approximate surface area is 173 Å². The van der Waals surface area contributed by atoms with Crippen LogP contribution >= 0.6 is 11.8 Å². The number of carbonyl (C=O) groups is 2. The maximum atomic E-state index is 12.3. The number of anilines is 1. The van der Waals surface area contributed by atoms with E-state index in [1.54, 1.807) is 31.4 Å². The van der Waals surface area contributed by atoms with Gasteiger partial charge in [0, 0.05) is 17.7 Å². The number of nitrogens with one attached hydrogen (secondary N) is 2. The zero-order valence-electron chi connectivity index (χ0n) is 16.3. The molecular formula is C21H23N3O4S. The molecule has 1 heterocycles. The zero-order valence-corrected chi connectivity index (χ0v) is 17.1. The van der Waals surface area contributed by atoms with Gasteiger partial charge in [0.05, 0.1) is 20.3 Å². The summed E-state index contributed by atoms with van der Waals surface area (Å²) in [4.78, 5) is 28.9. The van der Waals surface area contributed by atoms with Crippen LogP contribution < -0.4 is 20.1 Å². The number of rotatable bonds is 8. The van der Waals surface area contributed by atoms with E-state index in [4.69, 9.17) is 9.47 Å². The van der Waals surface area contributed by atoms with Gasteiger partial charge < -0.3 is 20.1 Å². The van der Waals surface area contributed by atoms with Gasteiger partial charge in [-0.15, -0.1) is 0 Å². The second kappa shape index (κ2) is 9.97. The highest BCUT2D eigenvalue weighted by molar-refractivity contribution is 8.15. The Balaban J connectivity index is 1.54. The Morgan fingerprint density at radius 3 is 2.69 bits per heavy atom. The third-order valence-corrected chi connectivity index (χ3v) is 5.30. The van der Waals surface area contributed by atoms with E-state index < -0.39 is 5.25 Å². The highest BCUT2D eigenvalue weighted by Crippen LogP contribution is 2.25. The van der Waals surface area contributed by atoms with E-state index in [2.05, 4.69) is 15.6 Å². The van der Waals surface area contributed by atoms with Crippen molar-refractivity contribution in [2.45, 2.75) is 25.1 Å². The average molecular weight is 413 g/mol. The number of benzene rings is 2. The van der Waals surface area contributed by atoms with Gasteiger partial charge >= 0.3 is 0 Å². The standard InChI is InChI=1S/C21H23N3O4S/c1-3-28-16-10-8-15(9-11-16)23-19(25)12-18-20(26)24-21(29-18)22-13-14-6-4-5-7-17(14)27-2/h4-11,18H,3,12-13H2,1-2H3,(H,23,25)(H,22,24,26)/t18-/m0/s1. The SMILES string of the molecule is CCOc1ccc(NC(=O)C[C@@H]2SC(=NCc3ccccc3OC)NC2=O)cc1. The second-order valence-corrected chi connectivity index (χ2v) is 7.43. The molecule has 29 heavy (non-hydrogen) atoms. The Bertz CT molecular complexity index is 899. The van der Waals surface area contributed by atoms with Crippen molar-refractivity contribution in [3.05, 3.63) is 54.1 Å². The van der Waals surface area contributed by atoms with Crippen molar-refractivity contribution in [1.82, 2.24) is 5.32 Å². The number of nitrogens with zero attached hydrogens (tertiary/aromatic N) is 1. The van der Waals surface area contributed by atoms with Gasteiger partial charge in [0.25, 0.3) is 0 Å². The molecule has 1 saturated heterocycles. The van der Waals surface area contributed by atoms with Crippen LogP contribution in [0.1, 0.15) is 18.9 Å². The molecule has 0 bridgehead atoms. The number of hydrogen-bond acceptors (Lipinski definition) is 6. The number of thioether (sulfide) groups is 1. The van der Waals surface area contributed by atoms with Gasteiger partial charge in [-0.3, -0.25) is 14.6 Å². The van der Waals surface area contributed by atoms with E-state index in [-0.39, 0.29) is 18.2 Å². The van der Waals surface area contributed by atoms with Crippen molar-refractivity contribution in [3.63, 3.8) is 0 Å². The molecule has 2 amide bonds. The summed E-state index contributed by atoms with van der Waals surface area (Å²) in [6.07, 6.45) is 0.0669. The number of hydrogen-bond donors (Lipinski definition) is 2. The summed E-state index contributed by atoms with van der Waals surface area (Å²) in [7, 11) is 1.61. The average Bonchev–Trinajstić information content (AvgIpc) is 3.07. The molecule has 0 unspecified atom stereocenters. The van der Waals surface area contributed by atoms with Crippen molar-refractivity contribution in [2.75, 3.05) is 19.0 Å². The smallest absolute Gasteiger partial charge is 0.240 e. The van der Waals surface area contributed by atoms with Crippen LogP contribution in [-0.2, 0) is 16.1 Å². The van der Waals surface area contributed by atoms with Crippen LogP contribution in [0.15, 0.2) is 53.5 Å². The van der Waals surface area contributed by atoms with E-state index in [1.165, 1.54) is 11.8 Å². The van der Waals surface area contributed by atoms with Crippen molar-refractivity contribution in [2.24, 2.45) is 4.99 Å². The maximum absolute atomic E-state index is 12.3. The summed E-state index contributed by atoms with van der Waals surface area (Å²) < 4.78 is 10.7. The molecule has 152 valence electrons. The van der Waals surface area contributed by atoms with Crippen LogP contribution in [0.4, 0.5) is 5.69 Å². The maximum Gasteiger partial charge on any atom is 0.240 e. The molecule has 0 spiro atoms. The van der Waals surface area contributed by atoms with E-state index >= 15 is 0 Å². The first-order chi connectivity index (χ1) is 14.1. The molecule has 1 fully saturated rings. The molecule has 0 aliphatic carbocycles. The van der Waals surface area contributed by atoms with Crippen LogP contribution in [0.5, 0.6) is 11.5 Å². The fraction of sp³-hybridized carbons (Fsp3) is 0.286. The van der Waals surface area contributed by atoms with Crippen molar-refractivity contribution in [1.29, 1.82) is 0 Å². The molecule has 1 atom stereocenters. The molecule has 1 aliphatic heterocycles. The Morgan fingerprint density at radius 1 is 1.21 bits per heavy atom. The summed E-state index contributed by atoms with van der Waals surface area (Å²) in [6, 6.07) is 14.7. The quantitative estimate of drug-likeness (QED) is 0.694. The largest absolute Gasteiger partial charge is 0.496 e. The molecule has 1 aliphatic rings. The van der Waals surface area contributed by atoms with Crippen molar-refractivity contribution >= 4 is 34.4 Å². The summed E-state index contributed by atoms with van der Waals surface area (Å²) in [5, 5.41) is 5.55. The third-order valence-electron chi connectivity index (χ3n) is 4.18. The minimum atomic E-state index is -0.505. The first kappa shape index (κ1) is 20.7. The highest BCUT2D eigenvalue weighted by atomic mass is 32.2. The topological polar surface area (TPSA) is 89.0 Å². The minimum Gasteiger partial charge on any atom is -0.496 e.